The van der Waals surface area contributed by atoms with Gasteiger partial charge < -0.3 is 5.11 Å². The molecule has 2 aliphatic carbocycles. The second-order valence-electron chi connectivity index (χ2n) is 4.22. The molecule has 0 aliphatic heterocycles. The largest absolute Gasteiger partial charge is 0.389 e. The van der Waals surface area contributed by atoms with Crippen molar-refractivity contribution in [1.29, 1.82) is 0 Å². The fraction of sp³-hybridized carbons (Fsp3) is 0.818. The number of rotatable bonds is 3. The molecule has 1 atom stereocenters. The first-order chi connectivity index (χ1) is 5.86. The zero-order chi connectivity index (χ0) is 8.39. The van der Waals surface area contributed by atoms with Gasteiger partial charge in [0.25, 0.3) is 0 Å². The van der Waals surface area contributed by atoms with Gasteiger partial charge >= 0.3 is 0 Å². The van der Waals surface area contributed by atoms with Crippen molar-refractivity contribution in [1.82, 2.24) is 0 Å². The summed E-state index contributed by atoms with van der Waals surface area (Å²) in [7, 11) is 0. The van der Waals surface area contributed by atoms with E-state index < -0.39 is 0 Å². The molecule has 0 saturated heterocycles. The summed E-state index contributed by atoms with van der Waals surface area (Å²) in [4.78, 5) is 0. The normalized spacial score (nSPS) is 26.6. The van der Waals surface area contributed by atoms with Gasteiger partial charge in [-0.2, -0.15) is 0 Å². The minimum atomic E-state index is -0.0993. The molecule has 0 heterocycles. The molecule has 0 amide bonds. The predicted molar refractivity (Wildman–Crippen MR) is 49.9 cm³/mol. The molecule has 0 aromatic carbocycles. The summed E-state index contributed by atoms with van der Waals surface area (Å²) in [6.07, 6.45) is 10.9. The zero-order valence-electron chi connectivity index (χ0n) is 7.63. The van der Waals surface area contributed by atoms with Crippen LogP contribution < -0.4 is 0 Å². The Morgan fingerprint density at radius 2 is 2.25 bits per heavy atom. The molecule has 0 bridgehead atoms. The first kappa shape index (κ1) is 8.31. The second-order valence-corrected chi connectivity index (χ2v) is 4.22. The molecule has 12 heavy (non-hydrogen) atoms. The lowest BCUT2D eigenvalue weighted by Crippen LogP contribution is -2.20. The molecular weight excluding hydrogens is 148 g/mol. The molecule has 2 aliphatic rings. The second kappa shape index (κ2) is 3.61. The molecule has 2 rings (SSSR count). The Morgan fingerprint density at radius 3 is 2.75 bits per heavy atom. The third kappa shape index (κ3) is 1.71. The van der Waals surface area contributed by atoms with Crippen molar-refractivity contribution in [2.75, 3.05) is 0 Å². The molecule has 1 nitrogen and oxygen atoms in total. The quantitative estimate of drug-likeness (QED) is 0.639. The highest BCUT2D eigenvalue weighted by Crippen LogP contribution is 2.33. The summed E-state index contributed by atoms with van der Waals surface area (Å²) in [5, 5.41) is 9.82. The molecule has 0 aromatic rings. The highest BCUT2D eigenvalue weighted by molar-refractivity contribution is 5.12. The topological polar surface area (TPSA) is 20.2 Å². The summed E-state index contributed by atoms with van der Waals surface area (Å²) in [6, 6.07) is 0. The fourth-order valence-electron chi connectivity index (χ4n) is 2.19. The van der Waals surface area contributed by atoms with Gasteiger partial charge in [0.05, 0.1) is 6.10 Å². The summed E-state index contributed by atoms with van der Waals surface area (Å²) in [5.74, 6) is 0.835. The van der Waals surface area contributed by atoms with E-state index in [1.54, 1.807) is 0 Å². The SMILES string of the molecule is OC(CC1CCC1)C1=CCCC1. The number of hydrogen-bond acceptors (Lipinski definition) is 1. The van der Waals surface area contributed by atoms with Crippen molar-refractivity contribution in [2.24, 2.45) is 5.92 Å². The van der Waals surface area contributed by atoms with E-state index in [-0.39, 0.29) is 6.10 Å². The van der Waals surface area contributed by atoms with Gasteiger partial charge in [0, 0.05) is 0 Å². The molecule has 1 saturated carbocycles. The lowest BCUT2D eigenvalue weighted by molar-refractivity contribution is 0.143. The van der Waals surface area contributed by atoms with Crippen LogP contribution in [-0.2, 0) is 0 Å². The number of allylic oxidation sites excluding steroid dienone is 1. The van der Waals surface area contributed by atoms with Crippen LogP contribution in [0.25, 0.3) is 0 Å². The van der Waals surface area contributed by atoms with Gasteiger partial charge in [-0.3, -0.25) is 0 Å². The van der Waals surface area contributed by atoms with Gasteiger partial charge in [-0.05, 0) is 37.2 Å². The van der Waals surface area contributed by atoms with E-state index in [9.17, 15) is 5.11 Å². The summed E-state index contributed by atoms with van der Waals surface area (Å²) in [6.45, 7) is 0. The Kier molecular flexibility index (Phi) is 2.50. The third-order valence-corrected chi connectivity index (χ3v) is 3.29. The minimum absolute atomic E-state index is 0.0993. The highest BCUT2D eigenvalue weighted by Gasteiger charge is 2.23. The van der Waals surface area contributed by atoms with Gasteiger partial charge in [0.15, 0.2) is 0 Å². The molecule has 1 unspecified atom stereocenters. The van der Waals surface area contributed by atoms with E-state index in [4.69, 9.17) is 0 Å². The maximum Gasteiger partial charge on any atom is 0.0752 e. The van der Waals surface area contributed by atoms with Crippen molar-refractivity contribution in [3.8, 4) is 0 Å². The highest BCUT2D eigenvalue weighted by atomic mass is 16.3. The van der Waals surface area contributed by atoms with Crippen LogP contribution in [0.1, 0.15) is 44.9 Å². The standard InChI is InChI=1S/C11H18O/c12-11(8-9-4-3-5-9)10-6-1-2-7-10/h6,9,11-12H,1-5,7-8H2. The van der Waals surface area contributed by atoms with E-state index in [1.807, 2.05) is 0 Å². The van der Waals surface area contributed by atoms with Crippen molar-refractivity contribution < 1.29 is 5.11 Å². The lowest BCUT2D eigenvalue weighted by atomic mass is 9.80. The van der Waals surface area contributed by atoms with Crippen LogP contribution >= 0.6 is 0 Å². The smallest absolute Gasteiger partial charge is 0.0752 e. The average Bonchev–Trinajstić information content (AvgIpc) is 2.47. The summed E-state index contributed by atoms with van der Waals surface area (Å²) in [5.41, 5.74) is 1.32. The van der Waals surface area contributed by atoms with E-state index in [2.05, 4.69) is 6.08 Å². The van der Waals surface area contributed by atoms with Gasteiger partial charge in [-0.15, -0.1) is 0 Å². The minimum Gasteiger partial charge on any atom is -0.389 e. The van der Waals surface area contributed by atoms with Crippen LogP contribution in [0.15, 0.2) is 11.6 Å². The fourth-order valence-corrected chi connectivity index (χ4v) is 2.19. The zero-order valence-corrected chi connectivity index (χ0v) is 7.63. The lowest BCUT2D eigenvalue weighted by Gasteiger charge is -2.28. The van der Waals surface area contributed by atoms with E-state index in [1.165, 1.54) is 37.7 Å². The van der Waals surface area contributed by atoms with Gasteiger partial charge in [-0.1, -0.05) is 25.3 Å². The molecule has 0 aromatic heterocycles. The first-order valence-corrected chi connectivity index (χ1v) is 5.23. The molecule has 0 spiro atoms. The molecule has 1 fully saturated rings. The maximum atomic E-state index is 9.82. The van der Waals surface area contributed by atoms with Gasteiger partial charge in [0.2, 0.25) is 0 Å². The molecule has 1 N–H and O–H groups in total. The van der Waals surface area contributed by atoms with Crippen LogP contribution in [0.5, 0.6) is 0 Å². The average molecular weight is 166 g/mol. The van der Waals surface area contributed by atoms with Crippen LogP contribution in [-0.4, -0.2) is 11.2 Å². The van der Waals surface area contributed by atoms with Crippen LogP contribution in [0, 0.1) is 5.92 Å². The summed E-state index contributed by atoms with van der Waals surface area (Å²) < 4.78 is 0. The van der Waals surface area contributed by atoms with Crippen LogP contribution in [0.3, 0.4) is 0 Å². The van der Waals surface area contributed by atoms with E-state index >= 15 is 0 Å². The van der Waals surface area contributed by atoms with Crippen LogP contribution in [0.2, 0.25) is 0 Å². The van der Waals surface area contributed by atoms with E-state index in [0.717, 1.165) is 18.8 Å². The number of aliphatic hydroxyl groups is 1. The van der Waals surface area contributed by atoms with Crippen molar-refractivity contribution >= 4 is 0 Å². The summed E-state index contributed by atoms with van der Waals surface area (Å²) >= 11 is 0. The molecule has 68 valence electrons. The monoisotopic (exact) mass is 166 g/mol. The Hall–Kier alpha value is -0.300. The van der Waals surface area contributed by atoms with Gasteiger partial charge in [-0.25, -0.2) is 0 Å². The van der Waals surface area contributed by atoms with Crippen molar-refractivity contribution in [3.05, 3.63) is 11.6 Å². The predicted octanol–water partition coefficient (Wildman–Crippen LogP) is 2.65. The maximum absolute atomic E-state index is 9.82. The molecule has 1 heteroatoms. The molecule has 0 radical (unpaired) electrons. The number of aliphatic hydroxyl groups excluding tert-OH is 1. The van der Waals surface area contributed by atoms with Crippen molar-refractivity contribution in [3.63, 3.8) is 0 Å². The first-order valence-electron chi connectivity index (χ1n) is 5.23. The molecular formula is C11H18O. The Balaban J connectivity index is 1.78. The number of hydrogen-bond donors (Lipinski definition) is 1. The Morgan fingerprint density at radius 1 is 1.42 bits per heavy atom. The van der Waals surface area contributed by atoms with Gasteiger partial charge in [0.1, 0.15) is 0 Å². The Labute approximate surface area is 74.5 Å². The van der Waals surface area contributed by atoms with E-state index in [0.29, 0.717) is 0 Å². The Bertz CT molecular complexity index is 179. The van der Waals surface area contributed by atoms with Crippen molar-refractivity contribution in [2.45, 2.75) is 51.0 Å². The third-order valence-electron chi connectivity index (χ3n) is 3.29. The van der Waals surface area contributed by atoms with Crippen LogP contribution in [0.4, 0.5) is 0 Å².